The number of nitrogens with two attached hydrogens (primary N) is 3. The summed E-state index contributed by atoms with van der Waals surface area (Å²) in [4.78, 5) is 0. The minimum absolute atomic E-state index is 0.00139. The van der Waals surface area contributed by atoms with Gasteiger partial charge in [0, 0.05) is 23.2 Å². The van der Waals surface area contributed by atoms with E-state index in [0.29, 0.717) is 17.9 Å². The van der Waals surface area contributed by atoms with Crippen molar-refractivity contribution in [2.75, 3.05) is 26.4 Å². The summed E-state index contributed by atoms with van der Waals surface area (Å²) in [5.41, 5.74) is 32.5. The Morgan fingerprint density at radius 3 is 1.72 bits per heavy atom. The van der Waals surface area contributed by atoms with Gasteiger partial charge in [-0.3, -0.25) is 0 Å². The fraction of sp³-hybridized carbons (Fsp3) is 0.656. The Morgan fingerprint density at radius 2 is 1.18 bits per heavy atom. The summed E-state index contributed by atoms with van der Waals surface area (Å²) < 4.78 is 6.29. The van der Waals surface area contributed by atoms with E-state index in [9.17, 15) is 15.3 Å². The van der Waals surface area contributed by atoms with E-state index in [0.717, 1.165) is 122 Å². The van der Waals surface area contributed by atoms with Crippen LogP contribution in [0.1, 0.15) is 197 Å². The van der Waals surface area contributed by atoms with Crippen LogP contribution in [-0.2, 0) is 43.3 Å². The lowest BCUT2D eigenvalue weighted by molar-refractivity contribution is 0.0419. The third-order valence-electron chi connectivity index (χ3n) is 20.3. The summed E-state index contributed by atoms with van der Waals surface area (Å²) in [5, 5.41) is 33.0. The first kappa shape index (κ1) is 52.7. The zero-order chi connectivity index (χ0) is 49.8. The molecule has 9 N–H and O–H groups in total. The molecule has 0 radical (unpaired) electrons. The molecular weight excluding hydrogens is 875 g/mol. The van der Waals surface area contributed by atoms with Crippen molar-refractivity contribution in [1.29, 1.82) is 0 Å². The van der Waals surface area contributed by atoms with E-state index < -0.39 is 16.6 Å². The van der Waals surface area contributed by atoms with Crippen LogP contribution in [0.25, 0.3) is 0 Å². The number of aliphatic hydroxyl groups excluding tert-OH is 3. The van der Waals surface area contributed by atoms with Gasteiger partial charge in [0.05, 0.1) is 25.9 Å². The normalized spacial score (nSPS) is 34.6. The van der Waals surface area contributed by atoms with Gasteiger partial charge < -0.3 is 37.3 Å². The molecule has 0 saturated heterocycles. The fourth-order valence-electron chi connectivity index (χ4n) is 16.0. The Morgan fingerprint density at radius 1 is 0.634 bits per heavy atom. The van der Waals surface area contributed by atoms with Crippen LogP contribution >= 0.6 is 0 Å². The van der Waals surface area contributed by atoms with Crippen LogP contribution in [0.2, 0.25) is 0 Å². The summed E-state index contributed by atoms with van der Waals surface area (Å²) in [5.74, 6) is 2.23. The number of rotatable bonds is 21. The molecule has 6 aliphatic carbocycles. The van der Waals surface area contributed by atoms with E-state index >= 15 is 0 Å². The van der Waals surface area contributed by atoms with Crippen LogP contribution < -0.4 is 17.2 Å². The van der Waals surface area contributed by atoms with Gasteiger partial charge in [-0.1, -0.05) is 92.6 Å². The van der Waals surface area contributed by atoms with Crippen LogP contribution in [0.5, 0.6) is 0 Å². The predicted octanol–water partition coefficient (Wildman–Crippen LogP) is 11.4. The fourth-order valence-corrected chi connectivity index (χ4v) is 16.0. The predicted molar refractivity (Wildman–Crippen MR) is 292 cm³/mol. The highest BCUT2D eigenvalue weighted by Crippen LogP contribution is 2.59. The number of aliphatic hydroxyl groups is 3. The molecule has 6 aliphatic rings. The quantitative estimate of drug-likeness (QED) is 0.0460. The molecule has 0 amide bonds. The average molecular weight is 968 g/mol. The molecule has 3 aromatic carbocycles. The molecule has 388 valence electrons. The van der Waals surface area contributed by atoms with Gasteiger partial charge in [0.15, 0.2) is 0 Å². The van der Waals surface area contributed by atoms with Gasteiger partial charge in [0.25, 0.3) is 0 Å². The number of unbranched alkanes of at least 4 members (excludes halogenated alkanes) is 3. The van der Waals surface area contributed by atoms with Gasteiger partial charge in [-0.2, -0.15) is 0 Å². The third-order valence-corrected chi connectivity index (χ3v) is 20.3. The highest BCUT2D eigenvalue weighted by molar-refractivity contribution is 5.40. The van der Waals surface area contributed by atoms with E-state index in [-0.39, 0.29) is 48.9 Å². The molecule has 3 saturated carbocycles. The topological polar surface area (TPSA) is 148 Å². The van der Waals surface area contributed by atoms with Crippen molar-refractivity contribution in [3.8, 4) is 0 Å². The second kappa shape index (κ2) is 22.8. The van der Waals surface area contributed by atoms with E-state index in [1.165, 1.54) is 95.0 Å². The average Bonchev–Trinajstić information content (AvgIpc) is 4.03. The Hall–Kier alpha value is -3.14. The van der Waals surface area contributed by atoms with Gasteiger partial charge in [0.2, 0.25) is 0 Å². The Bertz CT molecular complexity index is 2310. The van der Waals surface area contributed by atoms with Gasteiger partial charge in [-0.15, -0.1) is 6.58 Å². The van der Waals surface area contributed by atoms with Crippen molar-refractivity contribution in [3.05, 3.63) is 129 Å². The first-order valence-corrected chi connectivity index (χ1v) is 28.8. The third kappa shape index (κ3) is 11.1. The zero-order valence-electron chi connectivity index (χ0n) is 44.0. The van der Waals surface area contributed by atoms with Gasteiger partial charge in [-0.05, 0) is 245 Å². The summed E-state index contributed by atoms with van der Waals surface area (Å²) in [6.45, 7) is 9.31. The van der Waals surface area contributed by atoms with E-state index in [1.54, 1.807) is 0 Å². The van der Waals surface area contributed by atoms with Crippen LogP contribution in [0.4, 0.5) is 0 Å². The minimum Gasteiger partial charge on any atom is -0.394 e. The summed E-state index contributed by atoms with van der Waals surface area (Å²) in [7, 11) is 0. The second-order valence-corrected chi connectivity index (χ2v) is 24.7. The van der Waals surface area contributed by atoms with Crippen molar-refractivity contribution in [3.63, 3.8) is 0 Å². The number of fused-ring (bicyclic) bond motifs is 3. The molecule has 3 fully saturated rings. The number of benzene rings is 3. The molecule has 9 rings (SSSR count). The van der Waals surface area contributed by atoms with E-state index in [4.69, 9.17) is 21.9 Å². The number of allylic oxidation sites excluding steroid dienone is 3. The molecule has 71 heavy (non-hydrogen) atoms. The summed E-state index contributed by atoms with van der Waals surface area (Å²) in [6.07, 6.45) is 32.2. The highest BCUT2D eigenvalue weighted by atomic mass is 16.5. The van der Waals surface area contributed by atoms with Crippen molar-refractivity contribution < 1.29 is 20.1 Å². The van der Waals surface area contributed by atoms with Crippen molar-refractivity contribution >= 4 is 0 Å². The standard InChI is InChI=1S/C64H93N3O4/c1-4-7-9-10-12-44-13-15-48-31-51(19-17-46(48)29-44)55-35-59(62(65,38-55)41-68)60-36-56(39-63(60,66)42-69)52-20-18-47-30-45(14-16-49(47)32-52)25-27-61(26-6-3)37-57(40-64(61,67)43-70)53-21-22-54-34-58(24-23-50(54)33-53)71-28-11-8-5-2/h4,6-7,17-22,31-33,44-45,55-60,68-70H,3,5,8-16,23-30,34-43,65-67H2,1-2H3/b7-4-/t44-,45+,55+,56+,57+,58?,59?,60?,61?,62-,63-,64-/m1/s1. The number of hydrogen-bond acceptors (Lipinski definition) is 7. The first-order chi connectivity index (χ1) is 34.4. The molecule has 0 spiro atoms. The van der Waals surface area contributed by atoms with Crippen molar-refractivity contribution in [2.24, 2.45) is 46.3 Å². The molecule has 0 aliphatic heterocycles. The van der Waals surface area contributed by atoms with Crippen LogP contribution in [-0.4, -0.2) is 64.5 Å². The molecular formula is C64H93N3O4. The Kier molecular flexibility index (Phi) is 16.9. The molecule has 3 aromatic rings. The van der Waals surface area contributed by atoms with Crippen molar-refractivity contribution in [2.45, 2.75) is 208 Å². The van der Waals surface area contributed by atoms with E-state index in [2.05, 4.69) is 93.3 Å². The maximum Gasteiger partial charge on any atom is 0.0618 e. The Balaban J connectivity index is 0.827. The lowest BCUT2D eigenvalue weighted by Crippen LogP contribution is -2.57. The zero-order valence-corrected chi connectivity index (χ0v) is 44.0. The number of hydrogen-bond donors (Lipinski definition) is 6. The minimum atomic E-state index is -0.748. The molecule has 0 heterocycles. The lowest BCUT2D eigenvalue weighted by atomic mass is 9.65. The monoisotopic (exact) mass is 968 g/mol. The molecule has 12 atom stereocenters. The summed E-state index contributed by atoms with van der Waals surface area (Å²) in [6, 6.07) is 21.6. The van der Waals surface area contributed by atoms with E-state index in [1.807, 2.05) is 0 Å². The number of aryl methyl sites for hydroxylation is 3. The second-order valence-electron chi connectivity index (χ2n) is 24.7. The van der Waals surface area contributed by atoms with Gasteiger partial charge in [-0.25, -0.2) is 0 Å². The first-order valence-electron chi connectivity index (χ1n) is 28.8. The lowest BCUT2D eigenvalue weighted by Gasteiger charge is -2.43. The van der Waals surface area contributed by atoms with Gasteiger partial charge in [0.1, 0.15) is 0 Å². The molecule has 0 bridgehead atoms. The SMILES string of the molecule is C=CCC1(CC[C@@H]2CCc3cc([C@H]4CC(C5C[C@H](c6ccc7c(c6)CC[C@@H](CCC/C=C\C)C7)C[C@@]5(N)CO)[C@](N)(CO)C4)ccc3C2)C[C@H](c2ccc3c(c2)CCC(OCCCCC)C3)C[C@@]1(N)CO. The largest absolute Gasteiger partial charge is 0.394 e. The maximum atomic E-state index is 11.0. The number of ether oxygens (including phenoxy) is 1. The highest BCUT2D eigenvalue weighted by Gasteiger charge is 2.57. The van der Waals surface area contributed by atoms with Crippen LogP contribution in [0, 0.1) is 29.1 Å². The maximum absolute atomic E-state index is 11.0. The molecule has 4 unspecified atom stereocenters. The smallest absolute Gasteiger partial charge is 0.0618 e. The Labute approximate surface area is 428 Å². The van der Waals surface area contributed by atoms with Crippen molar-refractivity contribution in [1.82, 2.24) is 0 Å². The molecule has 0 aromatic heterocycles. The molecule has 7 heteroatoms. The van der Waals surface area contributed by atoms with Crippen LogP contribution in [0.15, 0.2) is 79.4 Å². The van der Waals surface area contributed by atoms with Gasteiger partial charge >= 0.3 is 0 Å². The molecule has 7 nitrogen and oxygen atoms in total. The summed E-state index contributed by atoms with van der Waals surface area (Å²) >= 11 is 0. The van der Waals surface area contributed by atoms with Crippen LogP contribution in [0.3, 0.4) is 0 Å².